The topological polar surface area (TPSA) is 70.8 Å². The van der Waals surface area contributed by atoms with Crippen LogP contribution in [-0.2, 0) is 6.54 Å². The van der Waals surface area contributed by atoms with Crippen LogP contribution in [0.2, 0.25) is 0 Å². The standard InChI is InChI=1S/C26H29N3O3/c1-31-25-8-4-6-22-21(9-12-27-26(22)25)23(30)17-29-13-10-19(11-14-29)28-16-20-15-18-5-2-3-7-24(18)32-20/h2-9,12,15,19,23,28,30H,10-11,13-14,16-17H2,1H3/t23-/m0/s1. The second-order valence-corrected chi connectivity index (χ2v) is 8.48. The van der Waals surface area contributed by atoms with Crippen molar-refractivity contribution in [3.05, 3.63) is 72.1 Å². The van der Waals surface area contributed by atoms with Crippen LogP contribution in [0.1, 0.15) is 30.3 Å². The monoisotopic (exact) mass is 431 g/mol. The Morgan fingerprint density at radius 2 is 2.00 bits per heavy atom. The SMILES string of the molecule is COc1cccc2c([C@@H](O)CN3CCC(NCc4cc5ccccc5o4)CC3)ccnc12. The highest BCUT2D eigenvalue weighted by atomic mass is 16.5. The minimum absolute atomic E-state index is 0.461. The third kappa shape index (κ3) is 4.35. The Kier molecular flexibility index (Phi) is 6.08. The molecule has 1 atom stereocenters. The number of nitrogens with one attached hydrogen (secondary N) is 1. The zero-order valence-corrected chi connectivity index (χ0v) is 18.3. The summed E-state index contributed by atoms with van der Waals surface area (Å²) >= 11 is 0. The molecule has 0 amide bonds. The number of benzene rings is 2. The van der Waals surface area contributed by atoms with Gasteiger partial charge < -0.3 is 24.5 Å². The van der Waals surface area contributed by atoms with Crippen LogP contribution >= 0.6 is 0 Å². The molecule has 1 aliphatic heterocycles. The number of nitrogens with zero attached hydrogens (tertiary/aromatic N) is 2. The highest BCUT2D eigenvalue weighted by Crippen LogP contribution is 2.29. The number of fused-ring (bicyclic) bond motifs is 2. The number of aromatic nitrogens is 1. The van der Waals surface area contributed by atoms with Gasteiger partial charge in [-0.2, -0.15) is 0 Å². The third-order valence-electron chi connectivity index (χ3n) is 6.41. The number of methoxy groups -OCH3 is 1. The Labute approximate surface area is 187 Å². The number of para-hydroxylation sites is 2. The first kappa shape index (κ1) is 20.9. The third-order valence-corrected chi connectivity index (χ3v) is 6.41. The average molecular weight is 432 g/mol. The number of furan rings is 1. The number of aliphatic hydroxyl groups excluding tert-OH is 1. The number of ether oxygens (including phenoxy) is 1. The predicted molar refractivity (Wildman–Crippen MR) is 126 cm³/mol. The number of hydrogen-bond acceptors (Lipinski definition) is 6. The molecule has 32 heavy (non-hydrogen) atoms. The van der Waals surface area contributed by atoms with Crippen LogP contribution in [0, 0.1) is 0 Å². The van der Waals surface area contributed by atoms with Crippen LogP contribution in [0.5, 0.6) is 5.75 Å². The number of pyridine rings is 1. The Hall–Kier alpha value is -2.93. The molecular weight excluding hydrogens is 402 g/mol. The maximum atomic E-state index is 11.0. The molecule has 5 rings (SSSR count). The van der Waals surface area contributed by atoms with Gasteiger partial charge in [-0.25, -0.2) is 0 Å². The molecule has 2 aromatic carbocycles. The Balaban J connectivity index is 1.16. The number of rotatable bonds is 7. The summed E-state index contributed by atoms with van der Waals surface area (Å²) in [5, 5.41) is 16.7. The molecule has 1 saturated heterocycles. The van der Waals surface area contributed by atoms with E-state index in [0.717, 1.165) is 71.4 Å². The Morgan fingerprint density at radius 1 is 1.16 bits per heavy atom. The summed E-state index contributed by atoms with van der Waals surface area (Å²) in [5.74, 6) is 1.71. The lowest BCUT2D eigenvalue weighted by molar-refractivity contribution is 0.0947. The first-order valence-corrected chi connectivity index (χ1v) is 11.2. The van der Waals surface area contributed by atoms with Gasteiger partial charge in [0, 0.05) is 29.6 Å². The molecular formula is C26H29N3O3. The minimum atomic E-state index is -0.562. The molecule has 2 aromatic heterocycles. The van der Waals surface area contributed by atoms with Crippen LogP contribution < -0.4 is 10.1 Å². The molecule has 0 radical (unpaired) electrons. The van der Waals surface area contributed by atoms with Gasteiger partial charge in [-0.3, -0.25) is 4.98 Å². The molecule has 0 aliphatic carbocycles. The summed E-state index contributed by atoms with van der Waals surface area (Å²) in [7, 11) is 1.64. The number of β-amino-alcohol motifs (C(OH)–C–C–N with tert-alkyl or cyclic N) is 1. The molecule has 1 fully saturated rings. The number of hydrogen-bond donors (Lipinski definition) is 2. The summed E-state index contributed by atoms with van der Waals surface area (Å²) in [6.07, 6.45) is 3.29. The fraction of sp³-hybridized carbons (Fsp3) is 0.346. The molecule has 1 aliphatic rings. The van der Waals surface area contributed by atoms with Crippen LogP contribution in [0.15, 0.2) is 65.2 Å². The Morgan fingerprint density at radius 3 is 2.81 bits per heavy atom. The lowest BCUT2D eigenvalue weighted by Crippen LogP contribution is -2.43. The van der Waals surface area contributed by atoms with Gasteiger partial charge in [-0.15, -0.1) is 0 Å². The summed E-state index contributed by atoms with van der Waals surface area (Å²) in [6, 6.07) is 18.4. The van der Waals surface area contributed by atoms with Crippen molar-refractivity contribution in [3.8, 4) is 5.75 Å². The zero-order chi connectivity index (χ0) is 21.9. The number of likely N-dealkylation sites (tertiary alicyclic amines) is 1. The van der Waals surface area contributed by atoms with E-state index in [4.69, 9.17) is 9.15 Å². The lowest BCUT2D eigenvalue weighted by Gasteiger charge is -2.33. The number of aliphatic hydroxyl groups is 1. The summed E-state index contributed by atoms with van der Waals surface area (Å²) < 4.78 is 11.3. The van der Waals surface area contributed by atoms with Crippen LogP contribution in [0.4, 0.5) is 0 Å². The van der Waals surface area contributed by atoms with Gasteiger partial charge in [-0.05, 0) is 55.8 Å². The molecule has 0 bridgehead atoms. The molecule has 0 spiro atoms. The molecule has 166 valence electrons. The highest BCUT2D eigenvalue weighted by Gasteiger charge is 2.23. The minimum Gasteiger partial charge on any atom is -0.494 e. The summed E-state index contributed by atoms with van der Waals surface area (Å²) in [5.41, 5.74) is 2.63. The fourth-order valence-electron chi connectivity index (χ4n) is 4.66. The Bertz CT molecular complexity index is 1160. The van der Waals surface area contributed by atoms with Crippen molar-refractivity contribution in [1.82, 2.24) is 15.2 Å². The van der Waals surface area contributed by atoms with Crippen LogP contribution in [0.25, 0.3) is 21.9 Å². The van der Waals surface area contributed by atoms with Gasteiger partial charge in [0.25, 0.3) is 0 Å². The van der Waals surface area contributed by atoms with E-state index in [-0.39, 0.29) is 0 Å². The molecule has 3 heterocycles. The van der Waals surface area contributed by atoms with Crippen molar-refractivity contribution in [2.45, 2.75) is 31.5 Å². The van der Waals surface area contributed by atoms with Crippen molar-refractivity contribution < 1.29 is 14.3 Å². The summed E-state index contributed by atoms with van der Waals surface area (Å²) in [4.78, 5) is 6.79. The maximum Gasteiger partial charge on any atom is 0.145 e. The van der Waals surface area contributed by atoms with E-state index in [9.17, 15) is 5.11 Å². The van der Waals surface area contributed by atoms with Gasteiger partial charge >= 0.3 is 0 Å². The predicted octanol–water partition coefficient (Wildman–Crippen LogP) is 4.28. The quantitative estimate of drug-likeness (QED) is 0.455. The van der Waals surface area contributed by atoms with E-state index in [1.165, 1.54) is 0 Å². The lowest BCUT2D eigenvalue weighted by atomic mass is 10.0. The van der Waals surface area contributed by atoms with Crippen molar-refractivity contribution >= 4 is 21.9 Å². The van der Waals surface area contributed by atoms with Gasteiger partial charge in [0.1, 0.15) is 22.6 Å². The van der Waals surface area contributed by atoms with Gasteiger partial charge in [0.05, 0.1) is 19.8 Å². The molecule has 0 saturated carbocycles. The van der Waals surface area contributed by atoms with Crippen molar-refractivity contribution in [3.63, 3.8) is 0 Å². The van der Waals surface area contributed by atoms with Crippen LogP contribution in [0.3, 0.4) is 0 Å². The second-order valence-electron chi connectivity index (χ2n) is 8.48. The zero-order valence-electron chi connectivity index (χ0n) is 18.3. The van der Waals surface area contributed by atoms with Gasteiger partial charge in [0.15, 0.2) is 0 Å². The normalized spacial score (nSPS) is 16.6. The second kappa shape index (κ2) is 9.28. The summed E-state index contributed by atoms with van der Waals surface area (Å²) in [6.45, 7) is 3.28. The van der Waals surface area contributed by atoms with Gasteiger partial charge in [-0.1, -0.05) is 30.3 Å². The molecule has 4 aromatic rings. The largest absolute Gasteiger partial charge is 0.494 e. The highest BCUT2D eigenvalue weighted by molar-refractivity contribution is 5.87. The van der Waals surface area contributed by atoms with E-state index >= 15 is 0 Å². The smallest absolute Gasteiger partial charge is 0.145 e. The first-order chi connectivity index (χ1) is 15.7. The molecule has 0 unspecified atom stereocenters. The average Bonchev–Trinajstić information content (AvgIpc) is 3.26. The van der Waals surface area contributed by atoms with E-state index in [0.29, 0.717) is 12.6 Å². The fourth-order valence-corrected chi connectivity index (χ4v) is 4.66. The van der Waals surface area contributed by atoms with Gasteiger partial charge in [0.2, 0.25) is 0 Å². The van der Waals surface area contributed by atoms with E-state index in [2.05, 4.69) is 27.3 Å². The molecule has 6 heteroatoms. The van der Waals surface area contributed by atoms with E-state index in [1.54, 1.807) is 13.3 Å². The first-order valence-electron chi connectivity index (χ1n) is 11.2. The molecule has 2 N–H and O–H groups in total. The van der Waals surface area contributed by atoms with Crippen molar-refractivity contribution in [1.29, 1.82) is 0 Å². The number of piperidine rings is 1. The van der Waals surface area contributed by atoms with E-state index in [1.807, 2.05) is 42.5 Å². The molecule has 6 nitrogen and oxygen atoms in total. The van der Waals surface area contributed by atoms with Crippen molar-refractivity contribution in [2.75, 3.05) is 26.7 Å². The van der Waals surface area contributed by atoms with Crippen LogP contribution in [-0.4, -0.2) is 47.8 Å². The van der Waals surface area contributed by atoms with Crippen molar-refractivity contribution in [2.24, 2.45) is 0 Å². The van der Waals surface area contributed by atoms with E-state index < -0.39 is 6.10 Å². The maximum absolute atomic E-state index is 11.0.